The Bertz CT molecular complexity index is 949. The Morgan fingerprint density at radius 1 is 1.00 bits per heavy atom. The lowest BCUT2D eigenvalue weighted by atomic mass is 9.98. The summed E-state index contributed by atoms with van der Waals surface area (Å²) in [5.41, 5.74) is 3.72. The predicted molar refractivity (Wildman–Crippen MR) is 126 cm³/mol. The highest BCUT2D eigenvalue weighted by Gasteiger charge is 2.19. The highest BCUT2D eigenvalue weighted by molar-refractivity contribution is 7.89. The Balaban J connectivity index is 0.00000341. The van der Waals surface area contributed by atoms with E-state index in [-0.39, 0.29) is 12.4 Å². The summed E-state index contributed by atoms with van der Waals surface area (Å²) in [7, 11) is -0.117. The van der Waals surface area contributed by atoms with Crippen LogP contribution in [0.15, 0.2) is 41.3 Å². The van der Waals surface area contributed by atoms with E-state index in [2.05, 4.69) is 28.7 Å². The number of unbranched alkanes of at least 4 members (excludes halogenated alkanes) is 1. The molecule has 0 bridgehead atoms. The SMILES string of the molecule is CCc1ccc(S(=O)(=O)NCCCCN2CCc3cc(OC)c(OC)cc3C2)cc1.Cl. The number of ether oxygens (including phenoxy) is 2. The number of fused-ring (bicyclic) bond motifs is 1. The van der Waals surface area contributed by atoms with Crippen LogP contribution in [-0.2, 0) is 29.4 Å². The van der Waals surface area contributed by atoms with Gasteiger partial charge in [0.05, 0.1) is 19.1 Å². The second-order valence-corrected chi connectivity index (χ2v) is 9.37. The van der Waals surface area contributed by atoms with Gasteiger partial charge in [0.25, 0.3) is 0 Å². The molecule has 1 aliphatic heterocycles. The number of methoxy groups -OCH3 is 2. The van der Waals surface area contributed by atoms with Crippen LogP contribution in [0.4, 0.5) is 0 Å². The van der Waals surface area contributed by atoms with Crippen LogP contribution in [0.5, 0.6) is 11.5 Å². The normalized spacial score (nSPS) is 13.9. The highest BCUT2D eigenvalue weighted by Crippen LogP contribution is 2.33. The van der Waals surface area contributed by atoms with Crippen molar-refractivity contribution in [3.8, 4) is 11.5 Å². The van der Waals surface area contributed by atoms with Crippen molar-refractivity contribution in [1.29, 1.82) is 0 Å². The van der Waals surface area contributed by atoms with Gasteiger partial charge in [0.15, 0.2) is 11.5 Å². The number of nitrogens with one attached hydrogen (secondary N) is 1. The zero-order valence-electron chi connectivity index (χ0n) is 18.5. The molecule has 172 valence electrons. The third-order valence-electron chi connectivity index (χ3n) is 5.63. The number of hydrogen-bond acceptors (Lipinski definition) is 5. The fourth-order valence-electron chi connectivity index (χ4n) is 3.79. The Hall–Kier alpha value is -1.80. The fraction of sp³-hybridized carbons (Fsp3) is 0.478. The van der Waals surface area contributed by atoms with E-state index in [0.717, 1.165) is 62.4 Å². The molecule has 6 nitrogen and oxygen atoms in total. The van der Waals surface area contributed by atoms with Crippen LogP contribution >= 0.6 is 12.4 Å². The average molecular weight is 469 g/mol. The van der Waals surface area contributed by atoms with E-state index < -0.39 is 10.0 Å². The second kappa shape index (κ2) is 11.7. The Morgan fingerprint density at radius 3 is 2.26 bits per heavy atom. The molecular weight excluding hydrogens is 436 g/mol. The van der Waals surface area contributed by atoms with Crippen molar-refractivity contribution in [3.63, 3.8) is 0 Å². The molecule has 0 aromatic heterocycles. The zero-order chi connectivity index (χ0) is 21.6. The Kier molecular flexibility index (Phi) is 9.62. The third kappa shape index (κ3) is 6.59. The van der Waals surface area contributed by atoms with E-state index in [1.807, 2.05) is 12.1 Å². The summed E-state index contributed by atoms with van der Waals surface area (Å²) in [4.78, 5) is 2.74. The molecule has 0 saturated heterocycles. The van der Waals surface area contributed by atoms with Crippen molar-refractivity contribution in [2.75, 3.05) is 33.9 Å². The van der Waals surface area contributed by atoms with Crippen LogP contribution in [0.1, 0.15) is 36.5 Å². The molecule has 0 unspecified atom stereocenters. The van der Waals surface area contributed by atoms with Gasteiger partial charge in [-0.25, -0.2) is 13.1 Å². The predicted octanol–water partition coefficient (Wildman–Crippen LogP) is 3.80. The Labute approximate surface area is 192 Å². The van der Waals surface area contributed by atoms with Crippen LogP contribution in [0.2, 0.25) is 0 Å². The van der Waals surface area contributed by atoms with Gasteiger partial charge in [-0.2, -0.15) is 0 Å². The lowest BCUT2D eigenvalue weighted by Crippen LogP contribution is -2.32. The summed E-state index contributed by atoms with van der Waals surface area (Å²) < 4.78 is 38.3. The smallest absolute Gasteiger partial charge is 0.240 e. The first-order chi connectivity index (χ1) is 14.5. The molecule has 1 N–H and O–H groups in total. The summed E-state index contributed by atoms with van der Waals surface area (Å²) in [6.07, 6.45) is 3.63. The van der Waals surface area contributed by atoms with Gasteiger partial charge in [-0.05, 0) is 73.2 Å². The van der Waals surface area contributed by atoms with Crippen LogP contribution in [-0.4, -0.2) is 47.2 Å². The molecule has 1 aliphatic rings. The third-order valence-corrected chi connectivity index (χ3v) is 7.11. The van der Waals surface area contributed by atoms with Crippen molar-refractivity contribution >= 4 is 22.4 Å². The molecule has 2 aromatic carbocycles. The molecule has 3 rings (SSSR count). The summed E-state index contributed by atoms with van der Waals surface area (Å²) in [6, 6.07) is 11.2. The number of sulfonamides is 1. The number of benzene rings is 2. The molecule has 0 aliphatic carbocycles. The number of halogens is 1. The minimum Gasteiger partial charge on any atom is -0.493 e. The molecule has 0 saturated carbocycles. The van der Waals surface area contributed by atoms with Crippen LogP contribution in [0, 0.1) is 0 Å². The summed E-state index contributed by atoms with van der Waals surface area (Å²) in [5, 5.41) is 0. The second-order valence-electron chi connectivity index (χ2n) is 7.60. The highest BCUT2D eigenvalue weighted by atomic mass is 35.5. The van der Waals surface area contributed by atoms with Crippen LogP contribution < -0.4 is 14.2 Å². The van der Waals surface area contributed by atoms with Gasteiger partial charge in [0.1, 0.15) is 0 Å². The standard InChI is InChI=1S/C23H32N2O4S.ClH/c1-4-18-7-9-21(10-8-18)30(26,27)24-12-5-6-13-25-14-11-19-15-22(28-2)23(29-3)16-20(19)17-25;/h7-10,15-16,24H,4-6,11-14,17H2,1-3H3;1H. The first-order valence-corrected chi connectivity index (χ1v) is 12.0. The van der Waals surface area contributed by atoms with Gasteiger partial charge in [0.2, 0.25) is 10.0 Å². The topological polar surface area (TPSA) is 67.9 Å². The summed E-state index contributed by atoms with van der Waals surface area (Å²) >= 11 is 0. The first-order valence-electron chi connectivity index (χ1n) is 10.5. The lowest BCUT2D eigenvalue weighted by molar-refractivity contribution is 0.248. The molecule has 2 aromatic rings. The van der Waals surface area contributed by atoms with Crippen molar-refractivity contribution < 1.29 is 17.9 Å². The molecule has 8 heteroatoms. The van der Waals surface area contributed by atoms with E-state index in [4.69, 9.17) is 9.47 Å². The van der Waals surface area contributed by atoms with Gasteiger partial charge in [0, 0.05) is 19.6 Å². The van der Waals surface area contributed by atoms with Gasteiger partial charge in [-0.3, -0.25) is 4.90 Å². The largest absolute Gasteiger partial charge is 0.493 e. The zero-order valence-corrected chi connectivity index (χ0v) is 20.2. The molecular formula is C23H33ClN2O4S. The molecule has 0 fully saturated rings. The van der Waals surface area contributed by atoms with Crippen molar-refractivity contribution in [2.24, 2.45) is 0 Å². The monoisotopic (exact) mass is 468 g/mol. The molecule has 0 amide bonds. The van der Waals surface area contributed by atoms with Gasteiger partial charge in [-0.15, -0.1) is 12.4 Å². The Morgan fingerprint density at radius 2 is 1.65 bits per heavy atom. The maximum atomic E-state index is 12.4. The summed E-state index contributed by atoms with van der Waals surface area (Å²) in [5.74, 6) is 1.54. The summed E-state index contributed by atoms with van der Waals surface area (Å²) in [6.45, 7) is 5.33. The lowest BCUT2D eigenvalue weighted by Gasteiger charge is -2.29. The number of rotatable bonds is 10. The fourth-order valence-corrected chi connectivity index (χ4v) is 4.86. The van der Waals surface area contributed by atoms with E-state index in [0.29, 0.717) is 11.4 Å². The minimum absolute atomic E-state index is 0. The number of nitrogens with zero attached hydrogens (tertiary/aromatic N) is 1. The van der Waals surface area contributed by atoms with Gasteiger partial charge in [-0.1, -0.05) is 19.1 Å². The molecule has 1 heterocycles. The van der Waals surface area contributed by atoms with Gasteiger partial charge < -0.3 is 9.47 Å². The number of aryl methyl sites for hydroxylation is 1. The van der Waals surface area contributed by atoms with Crippen LogP contribution in [0.3, 0.4) is 0 Å². The molecule has 31 heavy (non-hydrogen) atoms. The van der Waals surface area contributed by atoms with E-state index in [1.54, 1.807) is 26.4 Å². The van der Waals surface area contributed by atoms with E-state index in [1.165, 1.54) is 11.1 Å². The van der Waals surface area contributed by atoms with Gasteiger partial charge >= 0.3 is 0 Å². The van der Waals surface area contributed by atoms with Crippen molar-refractivity contribution in [1.82, 2.24) is 9.62 Å². The quantitative estimate of drug-likeness (QED) is 0.537. The maximum absolute atomic E-state index is 12.4. The molecule has 0 atom stereocenters. The van der Waals surface area contributed by atoms with E-state index in [9.17, 15) is 8.42 Å². The number of hydrogen-bond donors (Lipinski definition) is 1. The molecule has 0 radical (unpaired) electrons. The average Bonchev–Trinajstić information content (AvgIpc) is 2.77. The maximum Gasteiger partial charge on any atom is 0.240 e. The van der Waals surface area contributed by atoms with E-state index >= 15 is 0 Å². The van der Waals surface area contributed by atoms with Crippen molar-refractivity contribution in [2.45, 2.75) is 44.0 Å². The minimum atomic E-state index is -3.43. The van der Waals surface area contributed by atoms with Crippen LogP contribution in [0.25, 0.3) is 0 Å². The van der Waals surface area contributed by atoms with Crippen molar-refractivity contribution in [3.05, 3.63) is 53.1 Å². The molecule has 0 spiro atoms. The first kappa shape index (κ1) is 25.5.